The molecule has 7 nitrogen and oxygen atoms in total. The Labute approximate surface area is 145 Å². The lowest BCUT2D eigenvalue weighted by atomic mass is 9.84. The molecule has 1 fully saturated rings. The third-order valence-electron chi connectivity index (χ3n) is 4.36. The van der Waals surface area contributed by atoms with Crippen molar-refractivity contribution in [2.24, 2.45) is 5.92 Å². The van der Waals surface area contributed by atoms with Gasteiger partial charge in [0.25, 0.3) is 11.8 Å². The van der Waals surface area contributed by atoms with Gasteiger partial charge in [0.2, 0.25) is 0 Å². The summed E-state index contributed by atoms with van der Waals surface area (Å²) in [5, 5.41) is 20.5. The van der Waals surface area contributed by atoms with Crippen LogP contribution >= 0.6 is 0 Å². The van der Waals surface area contributed by atoms with Crippen LogP contribution in [0.5, 0.6) is 0 Å². The highest BCUT2D eigenvalue weighted by Gasteiger charge is 2.30. The number of rotatable bonds is 6. The summed E-state index contributed by atoms with van der Waals surface area (Å²) in [7, 11) is 0. The number of amides is 2. The second-order valence-corrected chi connectivity index (χ2v) is 6.12. The Morgan fingerprint density at radius 3 is 2.52 bits per heavy atom. The highest BCUT2D eigenvalue weighted by atomic mass is 16.5. The summed E-state index contributed by atoms with van der Waals surface area (Å²) < 4.78 is 0. The van der Waals surface area contributed by atoms with Gasteiger partial charge in [-0.3, -0.25) is 14.8 Å². The summed E-state index contributed by atoms with van der Waals surface area (Å²) in [6.45, 7) is 0. The summed E-state index contributed by atoms with van der Waals surface area (Å²) in [4.78, 5) is 35.0. The van der Waals surface area contributed by atoms with Gasteiger partial charge in [0.05, 0.1) is 0 Å². The van der Waals surface area contributed by atoms with Crippen molar-refractivity contribution >= 4 is 23.9 Å². The molecule has 1 aliphatic rings. The molecule has 25 heavy (non-hydrogen) atoms. The first-order chi connectivity index (χ1) is 12.0. The maximum atomic E-state index is 12.4. The zero-order valence-electron chi connectivity index (χ0n) is 13.8. The third kappa shape index (κ3) is 5.42. The van der Waals surface area contributed by atoms with Crippen LogP contribution in [-0.4, -0.2) is 34.1 Å². The molecule has 2 rings (SSSR count). The molecule has 0 heterocycles. The molecule has 4 N–H and O–H groups in total. The Morgan fingerprint density at radius 1 is 1.16 bits per heavy atom. The summed E-state index contributed by atoms with van der Waals surface area (Å²) in [6.07, 6.45) is 7.24. The van der Waals surface area contributed by atoms with E-state index in [2.05, 4.69) is 5.32 Å². The number of hydroxylamine groups is 1. The summed E-state index contributed by atoms with van der Waals surface area (Å²) in [5.41, 5.74) is 2.37. The molecule has 0 aromatic heterocycles. The van der Waals surface area contributed by atoms with Gasteiger partial charge < -0.3 is 10.4 Å². The number of hydrogen-bond donors (Lipinski definition) is 4. The predicted molar refractivity (Wildman–Crippen MR) is 90.9 cm³/mol. The third-order valence-corrected chi connectivity index (χ3v) is 4.36. The van der Waals surface area contributed by atoms with E-state index in [9.17, 15) is 19.5 Å². The second-order valence-electron chi connectivity index (χ2n) is 6.12. The minimum Gasteiger partial charge on any atom is -0.480 e. The Kier molecular flexibility index (Phi) is 6.71. The van der Waals surface area contributed by atoms with E-state index in [-0.39, 0.29) is 5.92 Å². The predicted octanol–water partition coefficient (Wildman–Crippen LogP) is 1.97. The number of aliphatic carboxylic acids is 1. The van der Waals surface area contributed by atoms with Crippen molar-refractivity contribution < 1.29 is 24.7 Å². The normalized spacial score (nSPS) is 16.4. The molecule has 1 saturated carbocycles. The number of carboxylic acids is 1. The van der Waals surface area contributed by atoms with E-state index in [4.69, 9.17) is 5.21 Å². The SMILES string of the molecule is O=C(/C=C/c1cccc(C(=O)N[C@H](C(=O)O)C2CCCCC2)c1)NO. The smallest absolute Gasteiger partial charge is 0.326 e. The monoisotopic (exact) mass is 346 g/mol. The van der Waals surface area contributed by atoms with Crippen molar-refractivity contribution in [1.29, 1.82) is 0 Å². The summed E-state index contributed by atoms with van der Waals surface area (Å²) >= 11 is 0. The molecule has 0 aliphatic heterocycles. The topological polar surface area (TPSA) is 116 Å². The quantitative estimate of drug-likeness (QED) is 0.357. The van der Waals surface area contributed by atoms with Crippen LogP contribution in [0.4, 0.5) is 0 Å². The number of hydrogen-bond acceptors (Lipinski definition) is 4. The van der Waals surface area contributed by atoms with Gasteiger partial charge in [0.15, 0.2) is 0 Å². The fourth-order valence-electron chi connectivity index (χ4n) is 3.07. The Morgan fingerprint density at radius 2 is 1.88 bits per heavy atom. The van der Waals surface area contributed by atoms with Crippen molar-refractivity contribution in [3.05, 3.63) is 41.5 Å². The maximum Gasteiger partial charge on any atom is 0.326 e. The molecule has 0 spiro atoms. The van der Waals surface area contributed by atoms with E-state index >= 15 is 0 Å². The summed E-state index contributed by atoms with van der Waals surface area (Å²) in [5.74, 6) is -2.21. The lowest BCUT2D eigenvalue weighted by molar-refractivity contribution is -0.141. The van der Waals surface area contributed by atoms with Gasteiger partial charge in [-0.15, -0.1) is 0 Å². The molecule has 1 atom stereocenters. The van der Waals surface area contributed by atoms with E-state index in [1.54, 1.807) is 24.3 Å². The molecule has 0 bridgehead atoms. The van der Waals surface area contributed by atoms with Crippen molar-refractivity contribution in [3.8, 4) is 0 Å². The first-order valence-corrected chi connectivity index (χ1v) is 8.27. The molecule has 0 saturated heterocycles. The van der Waals surface area contributed by atoms with Gasteiger partial charge in [-0.05, 0) is 42.5 Å². The maximum absolute atomic E-state index is 12.4. The fourth-order valence-corrected chi connectivity index (χ4v) is 3.07. The van der Waals surface area contributed by atoms with Crippen LogP contribution in [-0.2, 0) is 9.59 Å². The van der Waals surface area contributed by atoms with Crippen LogP contribution < -0.4 is 10.8 Å². The van der Waals surface area contributed by atoms with Gasteiger partial charge in [-0.25, -0.2) is 10.3 Å². The zero-order chi connectivity index (χ0) is 18.2. The molecule has 1 aliphatic carbocycles. The van der Waals surface area contributed by atoms with Crippen molar-refractivity contribution in [3.63, 3.8) is 0 Å². The minimum absolute atomic E-state index is 0.0495. The molecule has 1 aromatic carbocycles. The number of carbonyl (C=O) groups is 3. The first-order valence-electron chi connectivity index (χ1n) is 8.27. The lowest BCUT2D eigenvalue weighted by Gasteiger charge is -2.28. The van der Waals surface area contributed by atoms with Gasteiger partial charge in [0, 0.05) is 11.6 Å². The zero-order valence-corrected chi connectivity index (χ0v) is 13.8. The summed E-state index contributed by atoms with van der Waals surface area (Å²) in [6, 6.07) is 5.57. The van der Waals surface area contributed by atoms with Crippen molar-refractivity contribution in [2.75, 3.05) is 0 Å². The van der Waals surface area contributed by atoms with E-state index < -0.39 is 23.8 Å². The van der Waals surface area contributed by atoms with Gasteiger partial charge in [0.1, 0.15) is 6.04 Å². The highest BCUT2D eigenvalue weighted by Crippen LogP contribution is 2.26. The molecule has 2 amide bonds. The standard InChI is InChI=1S/C18H22N2O5/c21-15(20-25)10-9-12-5-4-8-14(11-12)17(22)19-16(18(23)24)13-6-2-1-3-7-13/h4-5,8-11,13,16,25H,1-3,6-7H2,(H,19,22)(H,20,21)(H,23,24)/b10-9+/t16-/m0/s1. The van der Waals surface area contributed by atoms with Crippen LogP contribution in [0.2, 0.25) is 0 Å². The highest BCUT2D eigenvalue weighted by molar-refractivity contribution is 5.97. The number of nitrogens with one attached hydrogen (secondary N) is 2. The van der Waals surface area contributed by atoms with Crippen molar-refractivity contribution in [1.82, 2.24) is 10.8 Å². The van der Waals surface area contributed by atoms with Crippen LogP contribution in [0.25, 0.3) is 6.08 Å². The van der Waals surface area contributed by atoms with E-state index in [1.165, 1.54) is 11.6 Å². The lowest BCUT2D eigenvalue weighted by Crippen LogP contribution is -2.46. The van der Waals surface area contributed by atoms with Gasteiger partial charge >= 0.3 is 5.97 Å². The molecular formula is C18H22N2O5. The Bertz CT molecular complexity index is 665. The number of carbonyl (C=O) groups excluding carboxylic acids is 2. The van der Waals surface area contributed by atoms with Crippen LogP contribution in [0.3, 0.4) is 0 Å². The number of carboxylic acid groups (broad SMARTS) is 1. The molecule has 134 valence electrons. The molecule has 1 aromatic rings. The van der Waals surface area contributed by atoms with Crippen molar-refractivity contribution in [2.45, 2.75) is 38.1 Å². The van der Waals surface area contributed by atoms with E-state index in [0.29, 0.717) is 11.1 Å². The average Bonchev–Trinajstić information content (AvgIpc) is 2.64. The number of benzene rings is 1. The van der Waals surface area contributed by atoms with Crippen LogP contribution in [0.1, 0.15) is 48.0 Å². The molecule has 7 heteroatoms. The molecule has 0 radical (unpaired) electrons. The average molecular weight is 346 g/mol. The fraction of sp³-hybridized carbons (Fsp3) is 0.389. The van der Waals surface area contributed by atoms with Gasteiger partial charge in [-0.1, -0.05) is 31.4 Å². The van der Waals surface area contributed by atoms with E-state index in [1.807, 2.05) is 0 Å². The molecule has 0 unspecified atom stereocenters. The first kappa shape index (κ1) is 18.7. The second kappa shape index (κ2) is 8.98. The van der Waals surface area contributed by atoms with Gasteiger partial charge in [-0.2, -0.15) is 0 Å². The Hall–Kier alpha value is -2.67. The van der Waals surface area contributed by atoms with E-state index in [0.717, 1.165) is 38.2 Å². The minimum atomic E-state index is -1.02. The van der Waals surface area contributed by atoms with Crippen LogP contribution in [0.15, 0.2) is 30.3 Å². The van der Waals surface area contributed by atoms with Crippen LogP contribution in [0, 0.1) is 5.92 Å². The largest absolute Gasteiger partial charge is 0.480 e. The Balaban J connectivity index is 2.09. The molecular weight excluding hydrogens is 324 g/mol.